The predicted molar refractivity (Wildman–Crippen MR) is 105 cm³/mol. The van der Waals surface area contributed by atoms with Gasteiger partial charge in [-0.05, 0) is 43.7 Å². The van der Waals surface area contributed by atoms with Gasteiger partial charge in [0, 0.05) is 18.0 Å². The number of Topliss-reactive ketones (excluding diaryl/α,β-unsaturated/α-hetero) is 1. The van der Waals surface area contributed by atoms with Crippen molar-refractivity contribution in [3.8, 4) is 0 Å². The minimum Gasteiger partial charge on any atom is -0.454 e. The van der Waals surface area contributed by atoms with Gasteiger partial charge in [0.15, 0.2) is 6.61 Å². The van der Waals surface area contributed by atoms with E-state index >= 15 is 0 Å². The summed E-state index contributed by atoms with van der Waals surface area (Å²) < 4.78 is 31.9. The largest absolute Gasteiger partial charge is 0.454 e. The zero-order valence-electron chi connectivity index (χ0n) is 15.8. The molecule has 0 aliphatic heterocycles. The molecule has 0 fully saturated rings. The number of carbonyl (C=O) groups excluding carboxylic acids is 2. The number of esters is 1. The van der Waals surface area contributed by atoms with Crippen LogP contribution in [0.4, 0.5) is 0 Å². The first-order valence-corrected chi connectivity index (χ1v) is 10.8. The number of thiophene rings is 1. The van der Waals surface area contributed by atoms with Crippen LogP contribution in [-0.4, -0.2) is 44.2 Å². The minimum absolute atomic E-state index is 0.0702. The second-order valence-electron chi connectivity index (χ2n) is 5.98. The fourth-order valence-corrected chi connectivity index (χ4v) is 5.08. The molecular formula is C19H23NO5S2. The third kappa shape index (κ3) is 4.82. The number of benzene rings is 1. The molecule has 0 aliphatic carbocycles. The average Bonchev–Trinajstić information content (AvgIpc) is 3.07. The summed E-state index contributed by atoms with van der Waals surface area (Å²) in [7, 11) is -3.70. The summed E-state index contributed by atoms with van der Waals surface area (Å²) in [4.78, 5) is 26.0. The number of sulfonamides is 1. The molecule has 2 aromatic rings. The second kappa shape index (κ2) is 8.77. The van der Waals surface area contributed by atoms with Gasteiger partial charge in [0.25, 0.3) is 0 Å². The Hall–Kier alpha value is -2.03. The van der Waals surface area contributed by atoms with Crippen molar-refractivity contribution in [2.45, 2.75) is 32.6 Å². The number of ether oxygens (including phenoxy) is 1. The lowest BCUT2D eigenvalue weighted by Gasteiger charge is -2.20. The van der Waals surface area contributed by atoms with E-state index in [-0.39, 0.29) is 22.8 Å². The van der Waals surface area contributed by atoms with E-state index in [1.807, 2.05) is 13.0 Å². The quantitative estimate of drug-likeness (QED) is 0.493. The first-order chi connectivity index (χ1) is 12.7. The maximum atomic E-state index is 12.8. The number of ketones is 1. The predicted octanol–water partition coefficient (Wildman–Crippen LogP) is 3.44. The SMILES string of the molecule is CCN(CC)S(=O)(=O)c1cc(C(=O)OCC(=O)c2ccc(C)s2)ccc1C. The number of nitrogens with zero attached hydrogens (tertiary/aromatic N) is 1. The highest BCUT2D eigenvalue weighted by Crippen LogP contribution is 2.22. The maximum Gasteiger partial charge on any atom is 0.338 e. The van der Waals surface area contributed by atoms with Gasteiger partial charge in [0.05, 0.1) is 15.3 Å². The van der Waals surface area contributed by atoms with Gasteiger partial charge in [-0.15, -0.1) is 11.3 Å². The van der Waals surface area contributed by atoms with Crippen molar-refractivity contribution in [1.82, 2.24) is 4.31 Å². The third-order valence-electron chi connectivity index (χ3n) is 4.10. The molecule has 8 heteroatoms. The van der Waals surface area contributed by atoms with Crippen molar-refractivity contribution >= 4 is 33.1 Å². The van der Waals surface area contributed by atoms with Crippen LogP contribution in [0.2, 0.25) is 0 Å². The summed E-state index contributed by atoms with van der Waals surface area (Å²) in [6.45, 7) is 7.36. The molecule has 0 bridgehead atoms. The zero-order chi connectivity index (χ0) is 20.2. The molecule has 27 heavy (non-hydrogen) atoms. The van der Waals surface area contributed by atoms with Crippen LogP contribution in [0.15, 0.2) is 35.2 Å². The lowest BCUT2D eigenvalue weighted by Crippen LogP contribution is -2.31. The van der Waals surface area contributed by atoms with Gasteiger partial charge in [-0.2, -0.15) is 4.31 Å². The Morgan fingerprint density at radius 1 is 1.07 bits per heavy atom. The molecule has 0 atom stereocenters. The molecule has 1 heterocycles. The molecule has 1 aromatic carbocycles. The Labute approximate surface area is 163 Å². The normalized spacial score (nSPS) is 11.6. The molecule has 0 N–H and O–H groups in total. The Kier molecular flexibility index (Phi) is 6.91. The van der Waals surface area contributed by atoms with E-state index in [0.29, 0.717) is 23.5 Å². The van der Waals surface area contributed by atoms with Crippen LogP contribution in [0, 0.1) is 13.8 Å². The van der Waals surface area contributed by atoms with Crippen molar-refractivity contribution in [3.63, 3.8) is 0 Å². The Bertz CT molecular complexity index is 943. The van der Waals surface area contributed by atoms with Crippen molar-refractivity contribution < 1.29 is 22.7 Å². The van der Waals surface area contributed by atoms with E-state index in [4.69, 9.17) is 4.74 Å². The van der Waals surface area contributed by atoms with Crippen molar-refractivity contribution in [2.75, 3.05) is 19.7 Å². The lowest BCUT2D eigenvalue weighted by atomic mass is 10.1. The number of carbonyl (C=O) groups is 2. The summed E-state index contributed by atoms with van der Waals surface area (Å²) in [6.07, 6.45) is 0. The highest BCUT2D eigenvalue weighted by molar-refractivity contribution is 7.89. The van der Waals surface area contributed by atoms with E-state index in [0.717, 1.165) is 4.88 Å². The fraction of sp³-hybridized carbons (Fsp3) is 0.368. The number of aryl methyl sites for hydroxylation is 2. The van der Waals surface area contributed by atoms with Crippen LogP contribution in [0.25, 0.3) is 0 Å². The van der Waals surface area contributed by atoms with E-state index in [2.05, 4.69) is 0 Å². The number of hydrogen-bond acceptors (Lipinski definition) is 6. The summed E-state index contributed by atoms with van der Waals surface area (Å²) in [5, 5.41) is 0. The fourth-order valence-electron chi connectivity index (χ4n) is 2.58. The van der Waals surface area contributed by atoms with Gasteiger partial charge in [-0.25, -0.2) is 13.2 Å². The van der Waals surface area contributed by atoms with Crippen LogP contribution in [0.1, 0.15) is 44.3 Å². The molecule has 0 spiro atoms. The van der Waals surface area contributed by atoms with Gasteiger partial charge in [-0.3, -0.25) is 4.79 Å². The van der Waals surface area contributed by atoms with E-state index in [9.17, 15) is 18.0 Å². The van der Waals surface area contributed by atoms with E-state index in [1.165, 1.54) is 27.8 Å². The molecular weight excluding hydrogens is 386 g/mol. The molecule has 1 aromatic heterocycles. The highest BCUT2D eigenvalue weighted by Gasteiger charge is 2.25. The van der Waals surface area contributed by atoms with Gasteiger partial charge in [-0.1, -0.05) is 19.9 Å². The Morgan fingerprint density at radius 3 is 2.30 bits per heavy atom. The maximum absolute atomic E-state index is 12.8. The standard InChI is InChI=1S/C19H23NO5S2/c1-5-20(6-2)27(23,24)18-11-15(9-7-13(18)3)19(22)25-12-16(21)17-10-8-14(4)26-17/h7-11H,5-6,12H2,1-4H3. The topological polar surface area (TPSA) is 80.8 Å². The van der Waals surface area contributed by atoms with Crippen LogP contribution in [0.5, 0.6) is 0 Å². The molecule has 0 radical (unpaired) electrons. The van der Waals surface area contributed by atoms with E-state index in [1.54, 1.807) is 32.9 Å². The first kappa shape index (κ1) is 21.3. The first-order valence-electron chi connectivity index (χ1n) is 8.58. The molecule has 146 valence electrons. The van der Waals surface area contributed by atoms with Crippen LogP contribution < -0.4 is 0 Å². The molecule has 6 nitrogen and oxygen atoms in total. The van der Waals surface area contributed by atoms with Crippen molar-refractivity contribution in [3.05, 3.63) is 51.2 Å². The summed E-state index contributed by atoms with van der Waals surface area (Å²) in [5.41, 5.74) is 0.644. The van der Waals surface area contributed by atoms with Gasteiger partial charge in [0.1, 0.15) is 0 Å². The zero-order valence-corrected chi connectivity index (χ0v) is 17.4. The molecule has 0 saturated carbocycles. The van der Waals surface area contributed by atoms with Crippen molar-refractivity contribution in [1.29, 1.82) is 0 Å². The number of hydrogen-bond donors (Lipinski definition) is 0. The lowest BCUT2D eigenvalue weighted by molar-refractivity contribution is 0.0475. The highest BCUT2D eigenvalue weighted by atomic mass is 32.2. The van der Waals surface area contributed by atoms with Gasteiger partial charge in [0.2, 0.25) is 15.8 Å². The smallest absolute Gasteiger partial charge is 0.338 e. The molecule has 0 aliphatic rings. The molecule has 2 rings (SSSR count). The Morgan fingerprint density at radius 2 is 1.74 bits per heavy atom. The summed E-state index contributed by atoms with van der Waals surface area (Å²) in [5.74, 6) is -1.02. The molecule has 0 unspecified atom stereocenters. The second-order valence-corrected chi connectivity index (χ2v) is 9.17. The number of rotatable bonds is 8. The van der Waals surface area contributed by atoms with Gasteiger partial charge >= 0.3 is 5.97 Å². The van der Waals surface area contributed by atoms with Crippen LogP contribution in [0.3, 0.4) is 0 Å². The average molecular weight is 410 g/mol. The summed E-state index contributed by atoms with van der Waals surface area (Å²) in [6, 6.07) is 7.89. The molecule has 0 saturated heterocycles. The third-order valence-corrected chi connectivity index (χ3v) is 7.33. The Balaban J connectivity index is 2.19. The van der Waals surface area contributed by atoms with E-state index < -0.39 is 16.0 Å². The molecule has 0 amide bonds. The summed E-state index contributed by atoms with van der Waals surface area (Å²) >= 11 is 1.33. The van der Waals surface area contributed by atoms with Gasteiger partial charge < -0.3 is 4.74 Å². The minimum atomic E-state index is -3.70. The van der Waals surface area contributed by atoms with Crippen LogP contribution >= 0.6 is 11.3 Å². The monoisotopic (exact) mass is 409 g/mol. The van der Waals surface area contributed by atoms with Crippen molar-refractivity contribution in [2.24, 2.45) is 0 Å². The van der Waals surface area contributed by atoms with Crippen LogP contribution in [-0.2, 0) is 14.8 Å².